The molecule has 0 spiro atoms. The molecule has 0 unspecified atom stereocenters. The Hall–Kier alpha value is -1.75. The zero-order chi connectivity index (χ0) is 15.3. The highest BCUT2D eigenvalue weighted by Gasteiger charge is 2.18. The van der Waals surface area contributed by atoms with E-state index in [1.807, 2.05) is 0 Å². The first kappa shape index (κ1) is 15.6. The van der Waals surface area contributed by atoms with Crippen molar-refractivity contribution in [1.82, 2.24) is 10.1 Å². The van der Waals surface area contributed by atoms with Gasteiger partial charge in [-0.25, -0.2) is 4.39 Å². The zero-order valence-electron chi connectivity index (χ0n) is 12.6. The normalized spacial score (nSPS) is 11.8. The molecule has 2 aromatic rings. The summed E-state index contributed by atoms with van der Waals surface area (Å²) in [5.74, 6) is 0.881. The van der Waals surface area contributed by atoms with E-state index in [4.69, 9.17) is 10.3 Å². The zero-order valence-corrected chi connectivity index (χ0v) is 12.6. The number of nitrogens with two attached hydrogens (primary N) is 1. The van der Waals surface area contributed by atoms with Crippen LogP contribution in [0, 0.1) is 11.2 Å². The van der Waals surface area contributed by atoms with E-state index < -0.39 is 0 Å². The predicted molar refractivity (Wildman–Crippen MR) is 79.3 cm³/mol. The van der Waals surface area contributed by atoms with Gasteiger partial charge < -0.3 is 10.3 Å². The molecule has 0 radical (unpaired) electrons. The van der Waals surface area contributed by atoms with E-state index in [2.05, 4.69) is 24.0 Å². The number of halogens is 1. The Morgan fingerprint density at radius 2 is 2.00 bits per heavy atom. The lowest BCUT2D eigenvalue weighted by Crippen LogP contribution is -2.17. The molecule has 0 amide bonds. The minimum absolute atomic E-state index is 0.162. The number of benzene rings is 1. The molecule has 1 aromatic carbocycles. The van der Waals surface area contributed by atoms with Gasteiger partial charge in [-0.2, -0.15) is 4.98 Å². The Balaban J connectivity index is 1.94. The molecule has 4 nitrogen and oxygen atoms in total. The summed E-state index contributed by atoms with van der Waals surface area (Å²) in [5, 5.41) is 3.92. The molecule has 5 heteroatoms. The third-order valence-corrected chi connectivity index (χ3v) is 3.65. The first-order valence-corrected chi connectivity index (χ1v) is 7.25. The number of nitrogens with zero attached hydrogens (tertiary/aromatic N) is 2. The molecule has 0 aliphatic rings. The fourth-order valence-corrected chi connectivity index (χ4v) is 2.24. The fourth-order valence-electron chi connectivity index (χ4n) is 2.24. The van der Waals surface area contributed by atoms with E-state index in [-0.39, 0.29) is 11.2 Å². The maximum absolute atomic E-state index is 13.6. The van der Waals surface area contributed by atoms with Crippen LogP contribution >= 0.6 is 0 Å². The van der Waals surface area contributed by atoms with Crippen molar-refractivity contribution < 1.29 is 8.91 Å². The molecular weight excluding hydrogens is 269 g/mol. The van der Waals surface area contributed by atoms with Crippen molar-refractivity contribution in [2.75, 3.05) is 6.54 Å². The van der Waals surface area contributed by atoms with Crippen molar-refractivity contribution in [2.24, 2.45) is 11.1 Å². The lowest BCUT2D eigenvalue weighted by atomic mass is 9.84. The molecule has 114 valence electrons. The van der Waals surface area contributed by atoms with E-state index in [0.717, 1.165) is 19.3 Å². The van der Waals surface area contributed by atoms with Crippen molar-refractivity contribution in [3.8, 4) is 0 Å². The highest BCUT2D eigenvalue weighted by Crippen LogP contribution is 2.26. The Kier molecular flexibility index (Phi) is 5.07. The third-order valence-electron chi connectivity index (χ3n) is 3.65. The van der Waals surface area contributed by atoms with Crippen LogP contribution in [0.4, 0.5) is 4.39 Å². The Morgan fingerprint density at radius 1 is 1.24 bits per heavy atom. The first-order valence-electron chi connectivity index (χ1n) is 7.25. The monoisotopic (exact) mass is 291 g/mol. The third kappa shape index (κ3) is 4.63. The van der Waals surface area contributed by atoms with Crippen molar-refractivity contribution in [2.45, 2.75) is 39.5 Å². The lowest BCUT2D eigenvalue weighted by molar-refractivity contribution is 0.289. The summed E-state index contributed by atoms with van der Waals surface area (Å²) >= 11 is 0. The van der Waals surface area contributed by atoms with Crippen molar-refractivity contribution >= 4 is 0 Å². The number of rotatable bonds is 7. The SMILES string of the molecule is CC(C)(CCN)CCc1nc(Cc2ccccc2F)no1. The lowest BCUT2D eigenvalue weighted by Gasteiger charge is -2.22. The van der Waals surface area contributed by atoms with E-state index in [1.54, 1.807) is 18.2 Å². The Bertz CT molecular complexity index is 580. The molecule has 0 fully saturated rings. The summed E-state index contributed by atoms with van der Waals surface area (Å²) in [6, 6.07) is 6.64. The number of aromatic nitrogens is 2. The molecule has 0 saturated carbocycles. The quantitative estimate of drug-likeness (QED) is 0.851. The number of hydrogen-bond acceptors (Lipinski definition) is 4. The molecule has 21 heavy (non-hydrogen) atoms. The van der Waals surface area contributed by atoms with Crippen LogP contribution in [-0.2, 0) is 12.8 Å². The molecule has 0 aliphatic carbocycles. The van der Waals surface area contributed by atoms with Crippen LogP contribution < -0.4 is 5.73 Å². The van der Waals surface area contributed by atoms with Gasteiger partial charge in [0.2, 0.25) is 5.89 Å². The summed E-state index contributed by atoms with van der Waals surface area (Å²) < 4.78 is 18.8. The Morgan fingerprint density at radius 3 is 2.71 bits per heavy atom. The van der Waals surface area contributed by atoms with Crippen LogP contribution in [0.1, 0.15) is 44.0 Å². The molecule has 2 N–H and O–H groups in total. The van der Waals surface area contributed by atoms with Crippen molar-refractivity contribution in [3.63, 3.8) is 0 Å². The predicted octanol–water partition coefficient (Wildman–Crippen LogP) is 3.11. The summed E-state index contributed by atoms with van der Waals surface area (Å²) in [6.45, 7) is 5.03. The molecular formula is C16H22FN3O. The largest absolute Gasteiger partial charge is 0.339 e. The van der Waals surface area contributed by atoms with Gasteiger partial charge in [0.25, 0.3) is 0 Å². The second-order valence-electron chi connectivity index (χ2n) is 6.08. The van der Waals surface area contributed by atoms with Gasteiger partial charge in [0.15, 0.2) is 5.82 Å². The highest BCUT2D eigenvalue weighted by atomic mass is 19.1. The minimum atomic E-state index is -0.243. The van der Waals surface area contributed by atoms with Gasteiger partial charge in [0.1, 0.15) is 5.82 Å². The van der Waals surface area contributed by atoms with Crippen LogP contribution in [-0.4, -0.2) is 16.7 Å². The summed E-state index contributed by atoms with van der Waals surface area (Å²) in [6.07, 6.45) is 2.97. The molecule has 1 heterocycles. The molecule has 0 saturated heterocycles. The summed E-state index contributed by atoms with van der Waals surface area (Å²) in [7, 11) is 0. The standard InChI is InChI=1S/C16H22FN3O/c1-16(2,9-10-18)8-7-15-19-14(20-21-15)11-12-5-3-4-6-13(12)17/h3-6H,7-11,18H2,1-2H3. The molecule has 0 aliphatic heterocycles. The molecule has 0 atom stereocenters. The first-order chi connectivity index (χ1) is 10.00. The smallest absolute Gasteiger partial charge is 0.226 e. The molecule has 1 aromatic heterocycles. The van der Waals surface area contributed by atoms with Crippen LogP contribution in [0.5, 0.6) is 0 Å². The minimum Gasteiger partial charge on any atom is -0.339 e. The second kappa shape index (κ2) is 6.80. The molecule has 0 bridgehead atoms. The number of aryl methyl sites for hydroxylation is 1. The maximum atomic E-state index is 13.6. The Labute approximate surface area is 124 Å². The van der Waals surface area contributed by atoms with E-state index in [0.29, 0.717) is 30.2 Å². The average molecular weight is 291 g/mol. The van der Waals surface area contributed by atoms with E-state index >= 15 is 0 Å². The van der Waals surface area contributed by atoms with Crippen molar-refractivity contribution in [1.29, 1.82) is 0 Å². The van der Waals surface area contributed by atoms with E-state index in [9.17, 15) is 4.39 Å². The van der Waals surface area contributed by atoms with Crippen LogP contribution in [0.25, 0.3) is 0 Å². The van der Waals surface area contributed by atoms with Crippen LogP contribution in [0.3, 0.4) is 0 Å². The topological polar surface area (TPSA) is 64.9 Å². The number of hydrogen-bond donors (Lipinski definition) is 1. The van der Waals surface area contributed by atoms with Gasteiger partial charge in [-0.3, -0.25) is 0 Å². The van der Waals surface area contributed by atoms with Gasteiger partial charge >= 0.3 is 0 Å². The average Bonchev–Trinajstić information content (AvgIpc) is 2.87. The van der Waals surface area contributed by atoms with Gasteiger partial charge in [0, 0.05) is 12.8 Å². The maximum Gasteiger partial charge on any atom is 0.226 e. The fraction of sp³-hybridized carbons (Fsp3) is 0.500. The summed E-state index contributed by atoms with van der Waals surface area (Å²) in [4.78, 5) is 4.33. The second-order valence-corrected chi connectivity index (χ2v) is 6.08. The van der Waals surface area contributed by atoms with Crippen molar-refractivity contribution in [3.05, 3.63) is 47.4 Å². The van der Waals surface area contributed by atoms with E-state index in [1.165, 1.54) is 6.07 Å². The van der Waals surface area contributed by atoms with Gasteiger partial charge in [-0.15, -0.1) is 0 Å². The van der Waals surface area contributed by atoms with Gasteiger partial charge in [-0.05, 0) is 36.4 Å². The van der Waals surface area contributed by atoms with Gasteiger partial charge in [0.05, 0.1) is 0 Å². The highest BCUT2D eigenvalue weighted by molar-refractivity contribution is 5.20. The molecule has 2 rings (SSSR count). The van der Waals surface area contributed by atoms with Gasteiger partial charge in [-0.1, -0.05) is 37.2 Å². The van der Waals surface area contributed by atoms with Crippen LogP contribution in [0.15, 0.2) is 28.8 Å². The summed E-state index contributed by atoms with van der Waals surface area (Å²) in [5.41, 5.74) is 6.34. The van der Waals surface area contributed by atoms with Crippen LogP contribution in [0.2, 0.25) is 0 Å².